The minimum Gasteiger partial charge on any atom is -0.398 e. The number of alkyl halides is 3. The lowest BCUT2D eigenvalue weighted by molar-refractivity contribution is -0.149. The predicted octanol–water partition coefficient (Wildman–Crippen LogP) is 3.13. The molecule has 0 heterocycles. The van der Waals surface area contributed by atoms with Crippen LogP contribution in [0.3, 0.4) is 0 Å². The van der Waals surface area contributed by atoms with Gasteiger partial charge in [-0.3, -0.25) is 0 Å². The van der Waals surface area contributed by atoms with Crippen LogP contribution < -0.4 is 11.5 Å². The van der Waals surface area contributed by atoms with Crippen molar-refractivity contribution in [1.29, 1.82) is 0 Å². The van der Waals surface area contributed by atoms with Crippen molar-refractivity contribution in [2.75, 3.05) is 5.73 Å². The topological polar surface area (TPSA) is 52.0 Å². The summed E-state index contributed by atoms with van der Waals surface area (Å²) in [4.78, 5) is 0. The van der Waals surface area contributed by atoms with E-state index in [1.54, 1.807) is 6.07 Å². The zero-order valence-electron chi connectivity index (χ0n) is 10.1. The number of benzene rings is 1. The molecule has 17 heavy (non-hydrogen) atoms. The first kappa shape index (κ1) is 13.8. The molecular formula is C12H17F3N2. The van der Waals surface area contributed by atoms with Gasteiger partial charge in [-0.25, -0.2) is 0 Å². The largest absolute Gasteiger partial charge is 0.407 e. The predicted molar refractivity (Wildman–Crippen MR) is 62.5 cm³/mol. The molecule has 0 unspecified atom stereocenters. The number of nitrogen functional groups attached to an aromatic ring is 1. The third kappa shape index (κ3) is 3.12. The van der Waals surface area contributed by atoms with Gasteiger partial charge in [0.25, 0.3) is 0 Å². The fourth-order valence-corrected chi connectivity index (χ4v) is 1.49. The molecule has 0 saturated carbocycles. The molecule has 0 saturated heterocycles. The highest BCUT2D eigenvalue weighted by molar-refractivity contribution is 5.51. The van der Waals surface area contributed by atoms with Crippen LogP contribution in [0.2, 0.25) is 0 Å². The first-order valence-electron chi connectivity index (χ1n) is 5.25. The third-order valence-corrected chi connectivity index (χ3v) is 2.64. The zero-order chi connectivity index (χ0) is 13.4. The van der Waals surface area contributed by atoms with E-state index in [1.165, 1.54) is 12.1 Å². The molecule has 0 amide bonds. The second-order valence-electron chi connectivity index (χ2n) is 5.11. The smallest absolute Gasteiger partial charge is 0.398 e. The molecule has 0 bridgehead atoms. The van der Waals surface area contributed by atoms with Crippen LogP contribution in [0, 0.1) is 0 Å². The van der Waals surface area contributed by atoms with Crippen molar-refractivity contribution in [3.8, 4) is 0 Å². The molecule has 0 aliphatic rings. The summed E-state index contributed by atoms with van der Waals surface area (Å²) in [6, 6.07) is 2.60. The molecule has 4 N–H and O–H groups in total. The fourth-order valence-electron chi connectivity index (χ4n) is 1.49. The number of halogens is 3. The number of hydrogen-bond acceptors (Lipinski definition) is 2. The Bertz CT molecular complexity index is 405. The zero-order valence-corrected chi connectivity index (χ0v) is 10.1. The van der Waals surface area contributed by atoms with Crippen molar-refractivity contribution in [1.82, 2.24) is 0 Å². The van der Waals surface area contributed by atoms with Gasteiger partial charge in [-0.05, 0) is 17.0 Å². The van der Waals surface area contributed by atoms with Crippen molar-refractivity contribution in [2.45, 2.75) is 38.4 Å². The van der Waals surface area contributed by atoms with E-state index >= 15 is 0 Å². The molecule has 0 aliphatic carbocycles. The summed E-state index contributed by atoms with van der Waals surface area (Å²) in [5.74, 6) is 0. The Morgan fingerprint density at radius 2 is 1.65 bits per heavy atom. The van der Waals surface area contributed by atoms with Crippen LogP contribution in [-0.4, -0.2) is 6.18 Å². The second kappa shape index (κ2) is 4.22. The van der Waals surface area contributed by atoms with Gasteiger partial charge in [-0.15, -0.1) is 0 Å². The van der Waals surface area contributed by atoms with Crippen LogP contribution >= 0.6 is 0 Å². The first-order chi connectivity index (χ1) is 7.53. The Kier molecular flexibility index (Phi) is 3.43. The molecule has 2 nitrogen and oxygen atoms in total. The van der Waals surface area contributed by atoms with Gasteiger partial charge in [-0.1, -0.05) is 32.9 Å². The van der Waals surface area contributed by atoms with Crippen LogP contribution in [0.1, 0.15) is 37.9 Å². The van der Waals surface area contributed by atoms with Crippen molar-refractivity contribution in [3.63, 3.8) is 0 Å². The molecular weight excluding hydrogens is 229 g/mol. The molecule has 0 aromatic heterocycles. The Balaban J connectivity index is 3.25. The van der Waals surface area contributed by atoms with Gasteiger partial charge in [0, 0.05) is 11.3 Å². The minimum absolute atomic E-state index is 0.0649. The summed E-state index contributed by atoms with van der Waals surface area (Å²) in [7, 11) is 0. The van der Waals surface area contributed by atoms with Gasteiger partial charge >= 0.3 is 6.18 Å². The molecule has 1 aromatic rings. The second-order valence-corrected chi connectivity index (χ2v) is 5.11. The average Bonchev–Trinajstić information content (AvgIpc) is 2.14. The Morgan fingerprint density at radius 1 is 1.12 bits per heavy atom. The van der Waals surface area contributed by atoms with Crippen LogP contribution in [0.15, 0.2) is 18.2 Å². The quantitative estimate of drug-likeness (QED) is 0.748. The van der Waals surface area contributed by atoms with Gasteiger partial charge in [-0.2, -0.15) is 13.2 Å². The van der Waals surface area contributed by atoms with E-state index in [0.717, 1.165) is 5.56 Å². The number of rotatable bonds is 1. The van der Waals surface area contributed by atoms with Crippen molar-refractivity contribution in [2.24, 2.45) is 5.73 Å². The summed E-state index contributed by atoms with van der Waals surface area (Å²) in [5.41, 5.74) is 11.3. The lowest BCUT2D eigenvalue weighted by Gasteiger charge is -2.23. The van der Waals surface area contributed by atoms with Crippen molar-refractivity contribution >= 4 is 5.69 Å². The Morgan fingerprint density at radius 3 is 2.06 bits per heavy atom. The lowest BCUT2D eigenvalue weighted by Crippen LogP contribution is -2.29. The third-order valence-electron chi connectivity index (χ3n) is 2.64. The van der Waals surface area contributed by atoms with Crippen LogP contribution in [0.5, 0.6) is 0 Å². The summed E-state index contributed by atoms with van der Waals surface area (Å²) in [5, 5.41) is 0. The number of hydrogen-bond donors (Lipinski definition) is 2. The van der Waals surface area contributed by atoms with Gasteiger partial charge in [0.15, 0.2) is 0 Å². The van der Waals surface area contributed by atoms with Gasteiger partial charge < -0.3 is 11.5 Å². The standard InChI is InChI=1S/C12H17F3N2/c1-11(2,3)7-4-5-9(16)8(6-7)10(17)12(13,14)15/h4-6,10H,16-17H2,1-3H3/t10-/m1/s1. The summed E-state index contributed by atoms with van der Waals surface area (Å²) in [6.07, 6.45) is -4.48. The van der Waals surface area contributed by atoms with Gasteiger partial charge in [0.2, 0.25) is 0 Å². The summed E-state index contributed by atoms with van der Waals surface area (Å²) < 4.78 is 37.7. The number of anilines is 1. The SMILES string of the molecule is CC(C)(C)c1ccc(N)c([C@@H](N)C(F)(F)F)c1. The monoisotopic (exact) mass is 246 g/mol. The van der Waals surface area contributed by atoms with E-state index < -0.39 is 12.2 Å². The van der Waals surface area contributed by atoms with Gasteiger partial charge in [0.05, 0.1) is 0 Å². The van der Waals surface area contributed by atoms with Crippen molar-refractivity contribution < 1.29 is 13.2 Å². The highest BCUT2D eigenvalue weighted by Gasteiger charge is 2.39. The van der Waals surface area contributed by atoms with E-state index in [1.807, 2.05) is 20.8 Å². The van der Waals surface area contributed by atoms with E-state index in [2.05, 4.69) is 0 Å². The van der Waals surface area contributed by atoms with Gasteiger partial charge in [0.1, 0.15) is 6.04 Å². The molecule has 0 fully saturated rings. The average molecular weight is 246 g/mol. The van der Waals surface area contributed by atoms with Crippen LogP contribution in [0.25, 0.3) is 0 Å². The molecule has 1 aromatic carbocycles. The molecule has 5 heteroatoms. The van der Waals surface area contributed by atoms with E-state index in [9.17, 15) is 13.2 Å². The molecule has 0 radical (unpaired) electrons. The first-order valence-corrected chi connectivity index (χ1v) is 5.25. The molecule has 1 rings (SSSR count). The molecule has 96 valence electrons. The lowest BCUT2D eigenvalue weighted by atomic mass is 9.85. The number of nitrogens with two attached hydrogens (primary N) is 2. The fraction of sp³-hybridized carbons (Fsp3) is 0.500. The Hall–Kier alpha value is -1.23. The Labute approximate surface area is 98.8 Å². The van der Waals surface area contributed by atoms with Crippen LogP contribution in [0.4, 0.5) is 18.9 Å². The molecule has 1 atom stereocenters. The van der Waals surface area contributed by atoms with Crippen LogP contribution in [-0.2, 0) is 5.41 Å². The maximum atomic E-state index is 12.6. The molecule has 0 aliphatic heterocycles. The van der Waals surface area contributed by atoms with E-state index in [4.69, 9.17) is 11.5 Å². The van der Waals surface area contributed by atoms with E-state index in [-0.39, 0.29) is 16.7 Å². The molecule has 0 spiro atoms. The maximum Gasteiger partial charge on any atom is 0.407 e. The maximum absolute atomic E-state index is 12.6. The highest BCUT2D eigenvalue weighted by atomic mass is 19.4. The normalized spacial score (nSPS) is 14.8. The highest BCUT2D eigenvalue weighted by Crippen LogP contribution is 2.35. The van der Waals surface area contributed by atoms with E-state index in [0.29, 0.717) is 0 Å². The summed E-state index contributed by atoms with van der Waals surface area (Å²) in [6.45, 7) is 5.75. The van der Waals surface area contributed by atoms with Crippen molar-refractivity contribution in [3.05, 3.63) is 29.3 Å². The minimum atomic E-state index is -4.48. The summed E-state index contributed by atoms with van der Waals surface area (Å²) >= 11 is 0.